The molecule has 6 nitrogen and oxygen atoms in total. The van der Waals surface area contributed by atoms with Gasteiger partial charge in [-0.25, -0.2) is 4.79 Å². The van der Waals surface area contributed by atoms with Crippen LogP contribution in [0, 0.1) is 6.92 Å². The van der Waals surface area contributed by atoms with Gasteiger partial charge < -0.3 is 9.26 Å². The molecule has 3 rings (SSSR count). The second-order valence-electron chi connectivity index (χ2n) is 5.72. The summed E-state index contributed by atoms with van der Waals surface area (Å²) in [7, 11) is 0. The molecular weight excluding hydrogens is 391 g/mol. The lowest BCUT2D eigenvalue weighted by atomic mass is 10.1. The number of aryl methyl sites for hydroxylation is 1. The molecule has 3 aromatic rings. The first-order chi connectivity index (χ1) is 12.9. The largest absolute Gasteiger partial charge is 0.452 e. The van der Waals surface area contributed by atoms with Crippen molar-refractivity contribution in [3.05, 3.63) is 69.7 Å². The van der Waals surface area contributed by atoms with E-state index in [2.05, 4.69) is 10.5 Å². The average Bonchev–Trinajstić information content (AvgIpc) is 3.08. The summed E-state index contributed by atoms with van der Waals surface area (Å²) in [4.78, 5) is 23.9. The minimum absolute atomic E-state index is 0.150. The van der Waals surface area contributed by atoms with E-state index in [0.717, 1.165) is 11.1 Å². The van der Waals surface area contributed by atoms with E-state index in [-0.39, 0.29) is 11.4 Å². The Kier molecular flexibility index (Phi) is 5.78. The van der Waals surface area contributed by atoms with Gasteiger partial charge in [0.25, 0.3) is 5.91 Å². The second kappa shape index (κ2) is 8.24. The first-order valence-electron chi connectivity index (χ1n) is 7.87. The molecule has 27 heavy (non-hydrogen) atoms. The van der Waals surface area contributed by atoms with Crippen molar-refractivity contribution < 1.29 is 18.8 Å². The third-order valence-electron chi connectivity index (χ3n) is 3.55. The summed E-state index contributed by atoms with van der Waals surface area (Å²) >= 11 is 11.7. The minimum Gasteiger partial charge on any atom is -0.452 e. The zero-order valence-corrected chi connectivity index (χ0v) is 15.7. The van der Waals surface area contributed by atoms with Crippen molar-refractivity contribution in [2.24, 2.45) is 0 Å². The molecule has 1 aromatic heterocycles. The van der Waals surface area contributed by atoms with E-state index in [0.29, 0.717) is 15.7 Å². The monoisotopic (exact) mass is 404 g/mol. The van der Waals surface area contributed by atoms with Gasteiger partial charge in [-0.3, -0.25) is 10.1 Å². The third kappa shape index (κ3) is 5.09. The predicted octanol–water partition coefficient (Wildman–Crippen LogP) is 4.75. The van der Waals surface area contributed by atoms with Gasteiger partial charge in [0.1, 0.15) is 5.69 Å². The Morgan fingerprint density at radius 1 is 1.07 bits per heavy atom. The van der Waals surface area contributed by atoms with Gasteiger partial charge in [-0.15, -0.1) is 0 Å². The van der Waals surface area contributed by atoms with E-state index in [9.17, 15) is 9.59 Å². The molecule has 2 aromatic carbocycles. The molecular formula is C19H14Cl2N2O4. The molecule has 0 aliphatic rings. The standard InChI is InChI=1S/C19H14Cl2N2O4/c1-11-2-4-12(5-3-11)16-9-18(27-23-16)22-17(24)10-26-19(25)13-6-14(20)8-15(21)7-13/h2-9H,10H2,1H3,(H,22,24). The van der Waals surface area contributed by atoms with E-state index in [1.165, 1.54) is 18.2 Å². The van der Waals surface area contributed by atoms with E-state index in [1.54, 1.807) is 6.07 Å². The number of carbonyl (C=O) groups is 2. The number of anilines is 1. The summed E-state index contributed by atoms with van der Waals surface area (Å²) in [6, 6.07) is 13.6. The minimum atomic E-state index is -0.715. The molecule has 1 heterocycles. The fourth-order valence-electron chi connectivity index (χ4n) is 2.25. The SMILES string of the molecule is Cc1ccc(-c2cc(NC(=O)COC(=O)c3cc(Cl)cc(Cl)c3)on2)cc1. The molecule has 0 spiro atoms. The first kappa shape index (κ1) is 18.9. The number of carbonyl (C=O) groups excluding carboxylic acids is 2. The quantitative estimate of drug-likeness (QED) is 0.620. The number of aromatic nitrogens is 1. The highest BCUT2D eigenvalue weighted by Crippen LogP contribution is 2.22. The maximum absolute atomic E-state index is 12.0. The number of amides is 1. The maximum Gasteiger partial charge on any atom is 0.338 e. The van der Waals surface area contributed by atoms with Crippen molar-refractivity contribution in [3.8, 4) is 11.3 Å². The van der Waals surface area contributed by atoms with Gasteiger partial charge in [0.2, 0.25) is 5.88 Å². The molecule has 0 atom stereocenters. The van der Waals surface area contributed by atoms with Crippen LogP contribution in [0.4, 0.5) is 5.88 Å². The van der Waals surface area contributed by atoms with Crippen LogP contribution in [-0.4, -0.2) is 23.6 Å². The number of hydrogen-bond donors (Lipinski definition) is 1. The van der Waals surface area contributed by atoms with Crippen molar-refractivity contribution in [1.29, 1.82) is 0 Å². The van der Waals surface area contributed by atoms with Crippen LogP contribution in [0.15, 0.2) is 53.1 Å². The summed E-state index contributed by atoms with van der Waals surface area (Å²) in [5.74, 6) is -1.13. The number of esters is 1. The Morgan fingerprint density at radius 2 is 1.74 bits per heavy atom. The number of nitrogens with one attached hydrogen (secondary N) is 1. The van der Waals surface area contributed by atoms with Gasteiger partial charge in [0, 0.05) is 21.7 Å². The summed E-state index contributed by atoms with van der Waals surface area (Å²) in [6.45, 7) is 1.49. The van der Waals surface area contributed by atoms with Gasteiger partial charge in [-0.05, 0) is 25.1 Å². The third-order valence-corrected chi connectivity index (χ3v) is 3.99. The van der Waals surface area contributed by atoms with Crippen LogP contribution in [0.5, 0.6) is 0 Å². The Morgan fingerprint density at radius 3 is 2.41 bits per heavy atom. The van der Waals surface area contributed by atoms with Crippen LogP contribution in [0.2, 0.25) is 10.0 Å². The molecule has 8 heteroatoms. The number of nitrogens with zero attached hydrogens (tertiary/aromatic N) is 1. The highest BCUT2D eigenvalue weighted by Gasteiger charge is 2.14. The van der Waals surface area contributed by atoms with Crippen LogP contribution in [-0.2, 0) is 9.53 Å². The van der Waals surface area contributed by atoms with Crippen molar-refractivity contribution in [2.45, 2.75) is 6.92 Å². The summed E-state index contributed by atoms with van der Waals surface area (Å²) < 4.78 is 10.0. The molecule has 0 fully saturated rings. The molecule has 138 valence electrons. The van der Waals surface area contributed by atoms with Gasteiger partial charge in [-0.1, -0.05) is 58.2 Å². The number of ether oxygens (including phenoxy) is 1. The molecule has 0 unspecified atom stereocenters. The van der Waals surface area contributed by atoms with Crippen LogP contribution < -0.4 is 5.32 Å². The van der Waals surface area contributed by atoms with Gasteiger partial charge in [0.05, 0.1) is 5.56 Å². The highest BCUT2D eigenvalue weighted by molar-refractivity contribution is 6.35. The molecule has 0 bridgehead atoms. The van der Waals surface area contributed by atoms with Crippen LogP contribution in [0.3, 0.4) is 0 Å². The van der Waals surface area contributed by atoms with Crippen molar-refractivity contribution >= 4 is 41.0 Å². The molecule has 0 aliphatic heterocycles. The van der Waals surface area contributed by atoms with Gasteiger partial charge >= 0.3 is 5.97 Å². The first-order valence-corrected chi connectivity index (χ1v) is 8.63. The number of hydrogen-bond acceptors (Lipinski definition) is 5. The van der Waals surface area contributed by atoms with Crippen LogP contribution in [0.1, 0.15) is 15.9 Å². The Labute approximate surface area is 165 Å². The summed E-state index contributed by atoms with van der Waals surface area (Å²) in [6.07, 6.45) is 0. The van der Waals surface area contributed by atoms with E-state index in [1.807, 2.05) is 31.2 Å². The molecule has 0 radical (unpaired) electrons. The Bertz CT molecular complexity index is 963. The van der Waals surface area contributed by atoms with E-state index < -0.39 is 18.5 Å². The molecule has 1 N–H and O–H groups in total. The lowest BCUT2D eigenvalue weighted by Gasteiger charge is -2.05. The van der Waals surface area contributed by atoms with Gasteiger partial charge in [-0.2, -0.15) is 0 Å². The normalized spacial score (nSPS) is 10.5. The molecule has 1 amide bonds. The lowest BCUT2D eigenvalue weighted by molar-refractivity contribution is -0.119. The number of halogens is 2. The number of benzene rings is 2. The van der Waals surface area contributed by atoms with Crippen molar-refractivity contribution in [1.82, 2.24) is 5.16 Å². The number of rotatable bonds is 5. The zero-order chi connectivity index (χ0) is 19.4. The molecule has 0 aliphatic carbocycles. The average molecular weight is 405 g/mol. The molecule has 0 saturated heterocycles. The smallest absolute Gasteiger partial charge is 0.338 e. The van der Waals surface area contributed by atoms with Crippen LogP contribution in [0.25, 0.3) is 11.3 Å². The summed E-state index contributed by atoms with van der Waals surface area (Å²) in [5, 5.41) is 6.97. The fourth-order valence-corrected chi connectivity index (χ4v) is 2.78. The molecule has 0 saturated carbocycles. The lowest BCUT2D eigenvalue weighted by Crippen LogP contribution is -2.20. The van der Waals surface area contributed by atoms with E-state index >= 15 is 0 Å². The van der Waals surface area contributed by atoms with Crippen molar-refractivity contribution in [2.75, 3.05) is 11.9 Å². The van der Waals surface area contributed by atoms with Crippen molar-refractivity contribution in [3.63, 3.8) is 0 Å². The van der Waals surface area contributed by atoms with Gasteiger partial charge in [0.15, 0.2) is 6.61 Å². The Balaban J connectivity index is 1.56. The summed E-state index contributed by atoms with van der Waals surface area (Å²) in [5.41, 5.74) is 2.71. The van der Waals surface area contributed by atoms with E-state index in [4.69, 9.17) is 32.5 Å². The highest BCUT2D eigenvalue weighted by atomic mass is 35.5. The Hall–Kier alpha value is -2.83. The maximum atomic E-state index is 12.0. The second-order valence-corrected chi connectivity index (χ2v) is 6.60. The zero-order valence-electron chi connectivity index (χ0n) is 14.2. The predicted molar refractivity (Wildman–Crippen MR) is 102 cm³/mol. The fraction of sp³-hybridized carbons (Fsp3) is 0.105. The topological polar surface area (TPSA) is 81.4 Å². The van der Waals surface area contributed by atoms with Crippen LogP contribution >= 0.6 is 23.2 Å².